The largest absolute Gasteiger partial charge is 0.491 e. The Hall–Kier alpha value is -2.96. The van der Waals surface area contributed by atoms with E-state index in [0.29, 0.717) is 30.3 Å². The molecule has 0 spiro atoms. The first-order valence-corrected chi connectivity index (χ1v) is 9.76. The zero-order chi connectivity index (χ0) is 19.9. The Morgan fingerprint density at radius 1 is 0.966 bits per heavy atom. The smallest absolute Gasteiger partial charge is 0.343 e. The van der Waals surface area contributed by atoms with Gasteiger partial charge in [-0.2, -0.15) is 0 Å². The predicted molar refractivity (Wildman–Crippen MR) is 108 cm³/mol. The summed E-state index contributed by atoms with van der Waals surface area (Å²) in [6, 6.07) is 14.3. The Labute approximate surface area is 169 Å². The molecular weight excluding hydrogens is 370 g/mol. The maximum atomic E-state index is 12.4. The minimum absolute atomic E-state index is 0.264. The van der Waals surface area contributed by atoms with Crippen molar-refractivity contribution >= 4 is 16.7 Å². The number of benzene rings is 2. The van der Waals surface area contributed by atoms with Gasteiger partial charge in [0.2, 0.25) is 0 Å². The van der Waals surface area contributed by atoms with E-state index >= 15 is 0 Å². The average molecular weight is 393 g/mol. The molecule has 4 rings (SSSR count). The van der Waals surface area contributed by atoms with E-state index in [2.05, 4.69) is 4.98 Å². The van der Waals surface area contributed by atoms with Crippen molar-refractivity contribution < 1.29 is 23.7 Å². The molecule has 29 heavy (non-hydrogen) atoms. The molecule has 6 nitrogen and oxygen atoms in total. The number of carbonyl (C=O) groups excluding carboxylic acids is 1. The van der Waals surface area contributed by atoms with E-state index < -0.39 is 5.97 Å². The number of rotatable bonds is 7. The van der Waals surface area contributed by atoms with Gasteiger partial charge in [0, 0.05) is 31.0 Å². The van der Waals surface area contributed by atoms with Crippen LogP contribution in [0.2, 0.25) is 0 Å². The third kappa shape index (κ3) is 5.31. The van der Waals surface area contributed by atoms with Gasteiger partial charge in [-0.1, -0.05) is 6.07 Å². The van der Waals surface area contributed by atoms with Gasteiger partial charge in [-0.3, -0.25) is 4.98 Å². The number of pyridine rings is 1. The third-order valence-corrected chi connectivity index (χ3v) is 4.78. The predicted octanol–water partition coefficient (Wildman–Crippen LogP) is 4.03. The topological polar surface area (TPSA) is 66.9 Å². The maximum absolute atomic E-state index is 12.4. The van der Waals surface area contributed by atoms with Crippen molar-refractivity contribution in [2.75, 3.05) is 26.4 Å². The number of hydrogen-bond donors (Lipinski definition) is 0. The number of nitrogens with zero attached hydrogens (tertiary/aromatic N) is 1. The molecule has 150 valence electrons. The van der Waals surface area contributed by atoms with E-state index in [1.54, 1.807) is 48.8 Å². The van der Waals surface area contributed by atoms with Gasteiger partial charge in [0.1, 0.15) is 18.1 Å². The Balaban J connectivity index is 1.26. The van der Waals surface area contributed by atoms with E-state index in [1.165, 1.54) is 0 Å². The number of aromatic nitrogens is 1. The van der Waals surface area contributed by atoms with Crippen LogP contribution in [0.3, 0.4) is 0 Å². The molecule has 6 heteroatoms. The zero-order valence-corrected chi connectivity index (χ0v) is 16.1. The highest BCUT2D eigenvalue weighted by Gasteiger charge is 2.14. The molecule has 0 atom stereocenters. The fraction of sp³-hybridized carbons (Fsp3) is 0.304. The summed E-state index contributed by atoms with van der Waals surface area (Å²) in [5.74, 6) is 0.774. The molecule has 1 saturated heterocycles. The zero-order valence-electron chi connectivity index (χ0n) is 16.1. The second kappa shape index (κ2) is 9.49. The van der Waals surface area contributed by atoms with Gasteiger partial charge in [0.05, 0.1) is 18.3 Å². The summed E-state index contributed by atoms with van der Waals surface area (Å²) in [5.41, 5.74) is 0.495. The minimum Gasteiger partial charge on any atom is -0.491 e. The van der Waals surface area contributed by atoms with Crippen LogP contribution in [-0.4, -0.2) is 43.5 Å². The summed E-state index contributed by atoms with van der Waals surface area (Å²) in [7, 11) is 0. The lowest BCUT2D eigenvalue weighted by atomic mass is 10.1. The lowest BCUT2D eigenvalue weighted by Crippen LogP contribution is -2.25. The van der Waals surface area contributed by atoms with Crippen molar-refractivity contribution in [1.82, 2.24) is 4.98 Å². The van der Waals surface area contributed by atoms with Crippen LogP contribution in [0.25, 0.3) is 10.8 Å². The quantitative estimate of drug-likeness (QED) is 0.343. The molecule has 3 aromatic rings. The van der Waals surface area contributed by atoms with Crippen LogP contribution in [0, 0.1) is 0 Å². The number of ether oxygens (including phenoxy) is 4. The molecule has 1 aliphatic rings. The molecule has 1 fully saturated rings. The van der Waals surface area contributed by atoms with Gasteiger partial charge < -0.3 is 18.9 Å². The van der Waals surface area contributed by atoms with Crippen molar-refractivity contribution in [3.8, 4) is 11.5 Å². The highest BCUT2D eigenvalue weighted by molar-refractivity contribution is 5.96. The van der Waals surface area contributed by atoms with Crippen LogP contribution in [0.4, 0.5) is 0 Å². The Morgan fingerprint density at radius 3 is 2.59 bits per heavy atom. The highest BCUT2D eigenvalue weighted by Crippen LogP contribution is 2.20. The molecule has 0 unspecified atom stereocenters. The number of esters is 1. The molecule has 0 amide bonds. The summed E-state index contributed by atoms with van der Waals surface area (Å²) < 4.78 is 22.2. The van der Waals surface area contributed by atoms with Crippen molar-refractivity contribution in [1.29, 1.82) is 0 Å². The van der Waals surface area contributed by atoms with E-state index in [-0.39, 0.29) is 6.10 Å². The van der Waals surface area contributed by atoms with E-state index in [1.807, 2.05) is 12.1 Å². The van der Waals surface area contributed by atoms with Crippen molar-refractivity contribution in [3.05, 3.63) is 66.5 Å². The van der Waals surface area contributed by atoms with Crippen LogP contribution in [0.1, 0.15) is 23.2 Å². The number of carbonyl (C=O) groups is 1. The van der Waals surface area contributed by atoms with Crippen molar-refractivity contribution in [3.63, 3.8) is 0 Å². The van der Waals surface area contributed by atoms with E-state index in [4.69, 9.17) is 18.9 Å². The van der Waals surface area contributed by atoms with Gasteiger partial charge in [-0.25, -0.2) is 4.79 Å². The summed E-state index contributed by atoms with van der Waals surface area (Å²) in [6.07, 6.45) is 5.60. The van der Waals surface area contributed by atoms with Crippen molar-refractivity contribution in [2.45, 2.75) is 18.9 Å². The molecular formula is C23H23NO5. The highest BCUT2D eigenvalue weighted by atomic mass is 16.5. The molecule has 2 aromatic carbocycles. The van der Waals surface area contributed by atoms with Crippen LogP contribution in [0.15, 0.2) is 60.9 Å². The van der Waals surface area contributed by atoms with Crippen LogP contribution in [0.5, 0.6) is 11.5 Å². The Kier molecular flexibility index (Phi) is 6.34. The van der Waals surface area contributed by atoms with Crippen molar-refractivity contribution in [2.24, 2.45) is 0 Å². The van der Waals surface area contributed by atoms with Crippen LogP contribution >= 0.6 is 0 Å². The Bertz CT molecular complexity index is 951. The van der Waals surface area contributed by atoms with Gasteiger partial charge in [0.25, 0.3) is 0 Å². The van der Waals surface area contributed by atoms with Crippen LogP contribution in [-0.2, 0) is 9.47 Å². The fourth-order valence-corrected chi connectivity index (χ4v) is 3.20. The molecule has 0 radical (unpaired) electrons. The first-order chi connectivity index (χ1) is 14.3. The van der Waals surface area contributed by atoms with E-state index in [9.17, 15) is 4.79 Å². The summed E-state index contributed by atoms with van der Waals surface area (Å²) in [4.78, 5) is 16.5. The average Bonchev–Trinajstić information content (AvgIpc) is 2.78. The molecule has 0 bridgehead atoms. The number of fused-ring (bicyclic) bond motifs is 1. The summed E-state index contributed by atoms with van der Waals surface area (Å²) >= 11 is 0. The monoisotopic (exact) mass is 393 g/mol. The molecule has 0 saturated carbocycles. The van der Waals surface area contributed by atoms with Gasteiger partial charge in [0.15, 0.2) is 0 Å². The third-order valence-electron chi connectivity index (χ3n) is 4.78. The minimum atomic E-state index is -0.401. The number of hydrogen-bond acceptors (Lipinski definition) is 6. The fourth-order valence-electron chi connectivity index (χ4n) is 3.20. The Morgan fingerprint density at radius 2 is 1.76 bits per heavy atom. The van der Waals surface area contributed by atoms with Gasteiger partial charge >= 0.3 is 5.97 Å². The second-order valence-electron chi connectivity index (χ2n) is 6.83. The normalized spacial score (nSPS) is 14.6. The molecule has 0 N–H and O–H groups in total. The standard InChI is InChI=1S/C23H23NO5/c25-23(18-1-2-19-16-24-10-7-17(19)15-18)29-22-5-3-20(4-6-22)27-13-14-28-21-8-11-26-12-9-21/h1-7,10,15-16,21H,8-9,11-14H2. The van der Waals surface area contributed by atoms with Crippen LogP contribution < -0.4 is 9.47 Å². The van der Waals surface area contributed by atoms with E-state index in [0.717, 1.165) is 36.8 Å². The van der Waals surface area contributed by atoms with Gasteiger partial charge in [-0.05, 0) is 60.7 Å². The van der Waals surface area contributed by atoms with Gasteiger partial charge in [-0.15, -0.1) is 0 Å². The summed E-state index contributed by atoms with van der Waals surface area (Å²) in [5, 5.41) is 1.92. The lowest BCUT2D eigenvalue weighted by molar-refractivity contribution is -0.0388. The second-order valence-corrected chi connectivity index (χ2v) is 6.83. The first-order valence-electron chi connectivity index (χ1n) is 9.76. The molecule has 1 aliphatic heterocycles. The maximum Gasteiger partial charge on any atom is 0.343 e. The molecule has 0 aliphatic carbocycles. The lowest BCUT2D eigenvalue weighted by Gasteiger charge is -2.22. The summed E-state index contributed by atoms with van der Waals surface area (Å²) in [6.45, 7) is 2.55. The first kappa shape index (κ1) is 19.4. The molecule has 2 heterocycles. The SMILES string of the molecule is O=C(Oc1ccc(OCCOC2CCOCC2)cc1)c1ccc2cnccc2c1. The molecule has 1 aromatic heterocycles.